The minimum absolute atomic E-state index is 0.0281. The largest absolute Gasteiger partial charge is 0.494 e. The van der Waals surface area contributed by atoms with Gasteiger partial charge >= 0.3 is 6.03 Å². The fraction of sp³-hybridized carbons (Fsp3) is 0.542. The summed E-state index contributed by atoms with van der Waals surface area (Å²) in [5.41, 5.74) is 0.976. The molecule has 0 radical (unpaired) electrons. The van der Waals surface area contributed by atoms with Crippen LogP contribution in [0.1, 0.15) is 56.9 Å². The molecule has 0 saturated heterocycles. The van der Waals surface area contributed by atoms with Gasteiger partial charge in [0.05, 0.1) is 25.4 Å². The molecule has 1 aromatic carbocycles. The van der Waals surface area contributed by atoms with Gasteiger partial charge in [-0.15, -0.1) is 0 Å². The summed E-state index contributed by atoms with van der Waals surface area (Å²) >= 11 is 0. The zero-order valence-electron chi connectivity index (χ0n) is 18.8. The van der Waals surface area contributed by atoms with Gasteiger partial charge in [0.1, 0.15) is 5.82 Å². The van der Waals surface area contributed by atoms with Crippen molar-refractivity contribution in [2.75, 3.05) is 22.2 Å². The number of benzene rings is 1. The molecule has 5 rings (SSSR count). The Balaban J connectivity index is 1.48. The standard InChI is InChI=1S/C24H30FN5O3/c1-33-20-8-4-7-19(21(20)25)29-14-15-13-26-23(27-16-9-11-18(31)12-10-16)28-22(15)30(24(29)32)17-5-2-3-6-17/h4,7-8,13,16-18,31H,2-3,5-6,9-12,14H2,1H3,(H,26,27,28). The lowest BCUT2D eigenvalue weighted by atomic mass is 9.93. The number of hydrogen-bond donors (Lipinski definition) is 2. The first-order valence-corrected chi connectivity index (χ1v) is 11.8. The highest BCUT2D eigenvalue weighted by Crippen LogP contribution is 2.38. The molecule has 1 aromatic heterocycles. The number of carbonyl (C=O) groups is 1. The molecule has 2 aromatic rings. The molecule has 2 fully saturated rings. The number of urea groups is 1. The topological polar surface area (TPSA) is 90.8 Å². The molecular formula is C24H30FN5O3. The number of fused-ring (bicyclic) bond motifs is 1. The Morgan fingerprint density at radius 2 is 1.91 bits per heavy atom. The number of rotatable bonds is 5. The van der Waals surface area contributed by atoms with Crippen LogP contribution in [0.3, 0.4) is 0 Å². The minimum Gasteiger partial charge on any atom is -0.494 e. The summed E-state index contributed by atoms with van der Waals surface area (Å²) in [4.78, 5) is 26.2. The van der Waals surface area contributed by atoms with Gasteiger partial charge in [-0.1, -0.05) is 18.9 Å². The molecule has 8 nitrogen and oxygen atoms in total. The van der Waals surface area contributed by atoms with Crippen LogP contribution >= 0.6 is 0 Å². The van der Waals surface area contributed by atoms with Gasteiger partial charge in [-0.3, -0.25) is 9.80 Å². The first kappa shape index (κ1) is 21.9. The smallest absolute Gasteiger partial charge is 0.330 e. The van der Waals surface area contributed by atoms with Crippen molar-refractivity contribution < 1.29 is 19.0 Å². The molecule has 9 heteroatoms. The molecule has 0 atom stereocenters. The van der Waals surface area contributed by atoms with Gasteiger partial charge in [0, 0.05) is 23.8 Å². The third kappa shape index (κ3) is 4.21. The van der Waals surface area contributed by atoms with Crippen LogP contribution in [0.25, 0.3) is 0 Å². The third-order valence-corrected chi connectivity index (χ3v) is 7.01. The van der Waals surface area contributed by atoms with Crippen molar-refractivity contribution >= 4 is 23.5 Å². The predicted octanol–water partition coefficient (Wildman–Crippen LogP) is 4.23. The molecule has 0 spiro atoms. The van der Waals surface area contributed by atoms with E-state index in [1.165, 1.54) is 12.0 Å². The Hall–Kier alpha value is -2.94. The van der Waals surface area contributed by atoms with Crippen molar-refractivity contribution in [2.45, 2.75) is 76.1 Å². The van der Waals surface area contributed by atoms with E-state index in [1.807, 2.05) is 0 Å². The van der Waals surface area contributed by atoms with Gasteiger partial charge in [-0.2, -0.15) is 4.98 Å². The van der Waals surface area contributed by atoms with Crippen LogP contribution < -0.4 is 19.9 Å². The van der Waals surface area contributed by atoms with Crippen LogP contribution in [0, 0.1) is 5.82 Å². The Morgan fingerprint density at radius 3 is 2.64 bits per heavy atom. The summed E-state index contributed by atoms with van der Waals surface area (Å²) in [6.07, 6.45) is 8.64. The van der Waals surface area contributed by atoms with E-state index >= 15 is 4.39 Å². The normalized spacial score (nSPS) is 23.5. The van der Waals surface area contributed by atoms with Crippen molar-refractivity contribution in [3.63, 3.8) is 0 Å². The van der Waals surface area contributed by atoms with Crippen molar-refractivity contribution in [2.24, 2.45) is 0 Å². The van der Waals surface area contributed by atoms with E-state index < -0.39 is 5.82 Å². The van der Waals surface area contributed by atoms with Crippen LogP contribution in [-0.2, 0) is 6.54 Å². The highest BCUT2D eigenvalue weighted by molar-refractivity contribution is 6.06. The maximum atomic E-state index is 15.1. The summed E-state index contributed by atoms with van der Waals surface area (Å²) in [5, 5.41) is 13.1. The third-order valence-electron chi connectivity index (χ3n) is 7.01. The van der Waals surface area contributed by atoms with E-state index in [4.69, 9.17) is 9.72 Å². The van der Waals surface area contributed by atoms with E-state index in [0.717, 1.165) is 56.9 Å². The highest BCUT2D eigenvalue weighted by atomic mass is 19.1. The lowest BCUT2D eigenvalue weighted by Gasteiger charge is -2.39. The molecule has 0 bridgehead atoms. The Labute approximate surface area is 192 Å². The molecular weight excluding hydrogens is 425 g/mol. The monoisotopic (exact) mass is 455 g/mol. The van der Waals surface area contributed by atoms with Gasteiger partial charge in [-0.05, 0) is 50.7 Å². The average Bonchev–Trinajstić information content (AvgIpc) is 3.35. The first-order chi connectivity index (χ1) is 16.0. The molecule has 2 aliphatic carbocycles. The van der Waals surface area contributed by atoms with Crippen LogP contribution in [0.5, 0.6) is 5.75 Å². The van der Waals surface area contributed by atoms with Gasteiger partial charge in [-0.25, -0.2) is 14.2 Å². The molecule has 3 aliphatic rings. The van der Waals surface area contributed by atoms with E-state index in [-0.39, 0.29) is 42.2 Å². The second kappa shape index (κ2) is 9.13. The van der Waals surface area contributed by atoms with Crippen LogP contribution in [0.15, 0.2) is 24.4 Å². The van der Waals surface area contributed by atoms with Gasteiger partial charge < -0.3 is 15.2 Å². The Bertz CT molecular complexity index is 1020. The lowest BCUT2D eigenvalue weighted by Crippen LogP contribution is -2.52. The van der Waals surface area contributed by atoms with Crippen LogP contribution in [0.4, 0.5) is 26.6 Å². The number of aliphatic hydroxyl groups is 1. The zero-order chi connectivity index (χ0) is 22.9. The Kier molecular flexibility index (Phi) is 6.05. The second-order valence-electron chi connectivity index (χ2n) is 9.16. The molecule has 176 valence electrons. The number of ether oxygens (including phenoxy) is 1. The van der Waals surface area contributed by atoms with Crippen molar-refractivity contribution in [3.8, 4) is 5.75 Å². The summed E-state index contributed by atoms with van der Waals surface area (Å²) in [5.74, 6) is 0.653. The van der Waals surface area contributed by atoms with Gasteiger partial charge in [0.2, 0.25) is 5.95 Å². The average molecular weight is 456 g/mol. The summed E-state index contributed by atoms with van der Waals surface area (Å²) in [6, 6.07) is 4.79. The molecule has 0 unspecified atom stereocenters. The number of hydrogen-bond acceptors (Lipinski definition) is 6. The number of carbonyl (C=O) groups excluding carboxylic acids is 1. The number of anilines is 3. The number of nitrogens with one attached hydrogen (secondary N) is 1. The summed E-state index contributed by atoms with van der Waals surface area (Å²) < 4.78 is 20.2. The second-order valence-corrected chi connectivity index (χ2v) is 9.16. The fourth-order valence-corrected chi connectivity index (χ4v) is 5.19. The van der Waals surface area contributed by atoms with E-state index in [9.17, 15) is 9.90 Å². The number of halogens is 1. The predicted molar refractivity (Wildman–Crippen MR) is 123 cm³/mol. The van der Waals surface area contributed by atoms with E-state index in [0.29, 0.717) is 11.8 Å². The summed E-state index contributed by atoms with van der Waals surface area (Å²) in [7, 11) is 1.41. The van der Waals surface area contributed by atoms with Crippen molar-refractivity contribution in [1.29, 1.82) is 0 Å². The molecule has 2 heterocycles. The highest BCUT2D eigenvalue weighted by Gasteiger charge is 2.39. The van der Waals surface area contributed by atoms with E-state index in [2.05, 4.69) is 10.3 Å². The van der Waals surface area contributed by atoms with Crippen LogP contribution in [-0.4, -0.2) is 46.4 Å². The SMILES string of the molecule is COc1cccc(N2Cc3cnc(NC4CCC(O)CC4)nc3N(C3CCCC3)C2=O)c1F. The van der Waals surface area contributed by atoms with Crippen molar-refractivity contribution in [3.05, 3.63) is 35.8 Å². The molecule has 2 amide bonds. The zero-order valence-corrected chi connectivity index (χ0v) is 18.8. The summed E-state index contributed by atoms with van der Waals surface area (Å²) in [6.45, 7) is 0.192. The molecule has 2 N–H and O–H groups in total. The number of nitrogens with zero attached hydrogens (tertiary/aromatic N) is 4. The maximum absolute atomic E-state index is 15.1. The van der Waals surface area contributed by atoms with E-state index in [1.54, 1.807) is 29.3 Å². The fourth-order valence-electron chi connectivity index (χ4n) is 5.19. The Morgan fingerprint density at radius 1 is 1.15 bits per heavy atom. The van der Waals surface area contributed by atoms with Gasteiger partial charge in [0.25, 0.3) is 0 Å². The van der Waals surface area contributed by atoms with Crippen molar-refractivity contribution in [1.82, 2.24) is 9.97 Å². The number of aromatic nitrogens is 2. The minimum atomic E-state index is -0.554. The number of amides is 2. The molecule has 2 saturated carbocycles. The van der Waals surface area contributed by atoms with Crippen LogP contribution in [0.2, 0.25) is 0 Å². The number of aliphatic hydroxyl groups excluding tert-OH is 1. The molecule has 33 heavy (non-hydrogen) atoms. The first-order valence-electron chi connectivity index (χ1n) is 11.8. The molecule has 1 aliphatic heterocycles. The number of methoxy groups -OCH3 is 1. The van der Waals surface area contributed by atoms with Gasteiger partial charge in [0.15, 0.2) is 11.6 Å². The maximum Gasteiger partial charge on any atom is 0.330 e. The quantitative estimate of drug-likeness (QED) is 0.701. The lowest BCUT2D eigenvalue weighted by molar-refractivity contribution is 0.126.